The molecule has 4 rings (SSSR count). The summed E-state index contributed by atoms with van der Waals surface area (Å²) in [6, 6.07) is 9.19. The molecule has 0 N–H and O–H groups in total. The van der Waals surface area contributed by atoms with E-state index in [0.29, 0.717) is 10.9 Å². The maximum atomic E-state index is 12.6. The molecule has 2 fully saturated rings. The number of carbonyl (C=O) groups is 1. The number of piperidine rings is 1. The summed E-state index contributed by atoms with van der Waals surface area (Å²) in [5.41, 5.74) is 0.760. The van der Waals surface area contributed by atoms with Gasteiger partial charge < -0.3 is 4.90 Å². The molecule has 1 saturated heterocycles. The lowest BCUT2D eigenvalue weighted by Gasteiger charge is -2.32. The molecule has 1 aliphatic heterocycles. The summed E-state index contributed by atoms with van der Waals surface area (Å²) in [5, 5.41) is 0.664. The molecule has 5 heteroatoms. The number of hydrogen-bond donors (Lipinski definition) is 0. The number of halogens is 1. The van der Waals surface area contributed by atoms with Crippen molar-refractivity contribution >= 4 is 23.2 Å². The molecule has 4 nitrogen and oxygen atoms in total. The molecule has 0 atom stereocenters. The van der Waals surface area contributed by atoms with E-state index < -0.39 is 0 Å². The average Bonchev–Trinajstić information content (AvgIpc) is 3.47. The summed E-state index contributed by atoms with van der Waals surface area (Å²) >= 11 is 5.90. The van der Waals surface area contributed by atoms with Gasteiger partial charge in [0.25, 0.3) is 0 Å². The Morgan fingerprint density at radius 2 is 1.75 bits per heavy atom. The van der Waals surface area contributed by atoms with Gasteiger partial charge >= 0.3 is 0 Å². The molecule has 0 unspecified atom stereocenters. The van der Waals surface area contributed by atoms with Crippen LogP contribution in [0.3, 0.4) is 0 Å². The van der Waals surface area contributed by atoms with Crippen LogP contribution in [-0.4, -0.2) is 28.8 Å². The number of anilines is 1. The van der Waals surface area contributed by atoms with Gasteiger partial charge in [-0.05, 0) is 56.0 Å². The molecule has 1 aromatic heterocycles. The Morgan fingerprint density at radius 1 is 1.04 bits per heavy atom. The van der Waals surface area contributed by atoms with Gasteiger partial charge in [0.2, 0.25) is 0 Å². The highest BCUT2D eigenvalue weighted by atomic mass is 35.5. The molecule has 2 heterocycles. The zero-order chi connectivity index (χ0) is 16.5. The first-order chi connectivity index (χ1) is 11.7. The molecule has 24 heavy (non-hydrogen) atoms. The third kappa shape index (κ3) is 3.29. The number of benzene rings is 1. The highest BCUT2D eigenvalue weighted by Crippen LogP contribution is 2.38. The van der Waals surface area contributed by atoms with Crippen LogP contribution in [0.25, 0.3) is 0 Å². The first kappa shape index (κ1) is 15.6. The molecule has 0 spiro atoms. The molecule has 2 aromatic rings. The van der Waals surface area contributed by atoms with Crippen LogP contribution in [0, 0.1) is 5.92 Å². The number of hydrogen-bond acceptors (Lipinski definition) is 4. The fourth-order valence-electron chi connectivity index (χ4n) is 3.30. The molecule has 0 amide bonds. The van der Waals surface area contributed by atoms with Crippen LogP contribution in [0.2, 0.25) is 5.02 Å². The van der Waals surface area contributed by atoms with Crippen LogP contribution in [-0.2, 0) is 0 Å². The van der Waals surface area contributed by atoms with Gasteiger partial charge in [0.15, 0.2) is 5.78 Å². The minimum atomic E-state index is 0.0900. The monoisotopic (exact) mass is 341 g/mol. The molecule has 0 bridgehead atoms. The van der Waals surface area contributed by atoms with Gasteiger partial charge in [-0.25, -0.2) is 9.97 Å². The van der Waals surface area contributed by atoms with Crippen LogP contribution in [0.5, 0.6) is 0 Å². The maximum Gasteiger partial charge on any atom is 0.166 e. The molecular weight excluding hydrogens is 322 g/mol. The Balaban J connectivity index is 1.40. The smallest absolute Gasteiger partial charge is 0.166 e. The Morgan fingerprint density at radius 3 is 2.42 bits per heavy atom. The number of Topliss-reactive ketones (excluding diaryl/α,β-unsaturated/α-hetero) is 1. The topological polar surface area (TPSA) is 46.1 Å². The zero-order valence-corrected chi connectivity index (χ0v) is 14.2. The summed E-state index contributed by atoms with van der Waals surface area (Å²) < 4.78 is 0. The standard InChI is InChI=1S/C19H20ClN3O/c20-16-5-3-13(4-6-16)18(24)14-8-11-23(12-9-14)17-7-10-21-19(22-17)15-1-2-15/h3-7,10,14-15H,1-2,8-9,11-12H2. The summed E-state index contributed by atoms with van der Waals surface area (Å²) in [6.45, 7) is 1.73. The molecule has 1 aromatic carbocycles. The van der Waals surface area contributed by atoms with E-state index >= 15 is 0 Å². The van der Waals surface area contributed by atoms with Crippen LogP contribution < -0.4 is 4.90 Å². The Labute approximate surface area is 146 Å². The van der Waals surface area contributed by atoms with E-state index in [0.717, 1.165) is 43.1 Å². The van der Waals surface area contributed by atoms with E-state index in [1.165, 1.54) is 12.8 Å². The van der Waals surface area contributed by atoms with Gasteiger partial charge in [-0.2, -0.15) is 0 Å². The first-order valence-electron chi connectivity index (χ1n) is 8.58. The van der Waals surface area contributed by atoms with Crippen molar-refractivity contribution in [3.8, 4) is 0 Å². The number of ketones is 1. The summed E-state index contributed by atoms with van der Waals surface area (Å²) in [7, 11) is 0. The lowest BCUT2D eigenvalue weighted by molar-refractivity contribution is 0.0900. The van der Waals surface area contributed by atoms with E-state index in [9.17, 15) is 4.79 Å². The van der Waals surface area contributed by atoms with E-state index in [1.807, 2.05) is 24.4 Å². The van der Waals surface area contributed by atoms with Crippen molar-refractivity contribution in [1.82, 2.24) is 9.97 Å². The molecule has 2 aliphatic rings. The van der Waals surface area contributed by atoms with Gasteiger partial charge in [0, 0.05) is 41.7 Å². The highest BCUT2D eigenvalue weighted by Gasteiger charge is 2.29. The van der Waals surface area contributed by atoms with Crippen molar-refractivity contribution in [3.63, 3.8) is 0 Å². The summed E-state index contributed by atoms with van der Waals surface area (Å²) in [4.78, 5) is 24.0. The minimum Gasteiger partial charge on any atom is -0.356 e. The predicted octanol–water partition coefficient (Wildman–Crippen LogP) is 4.11. The predicted molar refractivity (Wildman–Crippen MR) is 94.7 cm³/mol. The van der Waals surface area contributed by atoms with Gasteiger partial charge in [-0.1, -0.05) is 11.6 Å². The van der Waals surface area contributed by atoms with Crippen LogP contribution in [0.4, 0.5) is 5.82 Å². The van der Waals surface area contributed by atoms with Gasteiger partial charge in [0.05, 0.1) is 0 Å². The van der Waals surface area contributed by atoms with E-state index in [4.69, 9.17) is 16.6 Å². The van der Waals surface area contributed by atoms with Crippen molar-refractivity contribution in [3.05, 3.63) is 52.9 Å². The van der Waals surface area contributed by atoms with Crippen molar-refractivity contribution < 1.29 is 4.79 Å². The molecule has 1 aliphatic carbocycles. The zero-order valence-electron chi connectivity index (χ0n) is 13.5. The third-order valence-corrected chi connectivity index (χ3v) is 5.17. The quantitative estimate of drug-likeness (QED) is 0.785. The summed E-state index contributed by atoms with van der Waals surface area (Å²) in [5.74, 6) is 2.87. The summed E-state index contributed by atoms with van der Waals surface area (Å²) in [6.07, 6.45) is 6.01. The SMILES string of the molecule is O=C(c1ccc(Cl)cc1)C1CCN(c2ccnc(C3CC3)n2)CC1. The fraction of sp³-hybridized carbons (Fsp3) is 0.421. The highest BCUT2D eigenvalue weighted by molar-refractivity contribution is 6.30. The Bertz CT molecular complexity index is 735. The van der Waals surface area contributed by atoms with E-state index in [2.05, 4.69) is 9.88 Å². The number of rotatable bonds is 4. The lowest BCUT2D eigenvalue weighted by atomic mass is 9.89. The van der Waals surface area contributed by atoms with Crippen LogP contribution in [0.15, 0.2) is 36.5 Å². The molecular formula is C19H20ClN3O. The molecule has 1 saturated carbocycles. The number of aromatic nitrogens is 2. The van der Waals surface area contributed by atoms with Crippen LogP contribution >= 0.6 is 11.6 Å². The van der Waals surface area contributed by atoms with Gasteiger partial charge in [0.1, 0.15) is 11.6 Å². The van der Waals surface area contributed by atoms with Crippen molar-refractivity contribution in [2.75, 3.05) is 18.0 Å². The van der Waals surface area contributed by atoms with Crippen molar-refractivity contribution in [2.24, 2.45) is 5.92 Å². The normalized spacial score (nSPS) is 18.6. The van der Waals surface area contributed by atoms with Crippen LogP contribution in [0.1, 0.15) is 47.8 Å². The van der Waals surface area contributed by atoms with E-state index in [1.54, 1.807) is 12.1 Å². The largest absolute Gasteiger partial charge is 0.356 e. The van der Waals surface area contributed by atoms with E-state index in [-0.39, 0.29) is 11.7 Å². The minimum absolute atomic E-state index is 0.0900. The third-order valence-electron chi connectivity index (χ3n) is 4.92. The fourth-order valence-corrected chi connectivity index (χ4v) is 3.42. The second-order valence-corrected chi connectivity index (χ2v) is 7.12. The van der Waals surface area contributed by atoms with Gasteiger partial charge in [-0.15, -0.1) is 0 Å². The number of nitrogens with zero attached hydrogens (tertiary/aromatic N) is 3. The Hall–Kier alpha value is -1.94. The molecule has 124 valence electrons. The first-order valence-corrected chi connectivity index (χ1v) is 8.96. The van der Waals surface area contributed by atoms with Crippen molar-refractivity contribution in [2.45, 2.75) is 31.6 Å². The maximum absolute atomic E-state index is 12.6. The number of carbonyl (C=O) groups excluding carboxylic acids is 1. The molecule has 0 radical (unpaired) electrons. The lowest BCUT2D eigenvalue weighted by Crippen LogP contribution is -2.37. The average molecular weight is 342 g/mol. The second kappa shape index (κ2) is 6.52. The van der Waals surface area contributed by atoms with Crippen molar-refractivity contribution in [1.29, 1.82) is 0 Å². The van der Waals surface area contributed by atoms with Gasteiger partial charge in [-0.3, -0.25) is 4.79 Å². The Kier molecular flexibility index (Phi) is 4.23. The second-order valence-electron chi connectivity index (χ2n) is 6.68.